The molecule has 0 bridgehead atoms. The zero-order chi connectivity index (χ0) is 16.2. The fraction of sp³-hybridized carbons (Fsp3) is 0.400. The Morgan fingerprint density at radius 3 is 3.04 bits per heavy atom. The Morgan fingerprint density at radius 1 is 1.48 bits per heavy atom. The van der Waals surface area contributed by atoms with Crippen LogP contribution < -0.4 is 10.6 Å². The van der Waals surface area contributed by atoms with E-state index in [1.807, 2.05) is 6.92 Å². The van der Waals surface area contributed by atoms with Gasteiger partial charge in [0.1, 0.15) is 5.82 Å². The van der Waals surface area contributed by atoms with Crippen molar-refractivity contribution >= 4 is 39.8 Å². The van der Waals surface area contributed by atoms with E-state index in [-0.39, 0.29) is 17.8 Å². The molecule has 8 heteroatoms. The minimum Gasteiger partial charge on any atom is -0.353 e. The van der Waals surface area contributed by atoms with Gasteiger partial charge in [-0.05, 0) is 43.9 Å². The Labute approximate surface area is 142 Å². The van der Waals surface area contributed by atoms with Crippen LogP contribution in [0.25, 0.3) is 0 Å². The number of halogens is 1. The molecule has 1 amide bonds. The normalized spacial score (nSPS) is 15.2. The molecule has 1 aliphatic carbocycles. The van der Waals surface area contributed by atoms with Gasteiger partial charge < -0.3 is 10.6 Å². The van der Waals surface area contributed by atoms with E-state index < -0.39 is 0 Å². The molecule has 0 unspecified atom stereocenters. The largest absolute Gasteiger partial charge is 0.353 e. The Hall–Kier alpha value is -1.67. The predicted molar refractivity (Wildman–Crippen MR) is 90.6 cm³/mol. The smallest absolute Gasteiger partial charge is 0.230 e. The molecule has 0 aliphatic heterocycles. The number of nitrogens with zero attached hydrogens (tertiary/aromatic N) is 2. The molecule has 0 radical (unpaired) electrons. The number of hydrogen-bond donors (Lipinski definition) is 2. The maximum Gasteiger partial charge on any atom is 0.230 e. The van der Waals surface area contributed by atoms with Crippen LogP contribution in [0.4, 0.5) is 15.2 Å². The monoisotopic (exact) mass is 352 g/mol. The zero-order valence-corrected chi connectivity index (χ0v) is 14.2. The van der Waals surface area contributed by atoms with Crippen LogP contribution in [0.5, 0.6) is 0 Å². The number of amides is 1. The van der Waals surface area contributed by atoms with Crippen LogP contribution in [0, 0.1) is 11.7 Å². The first-order valence-corrected chi connectivity index (χ1v) is 9.18. The van der Waals surface area contributed by atoms with Gasteiger partial charge in [-0.2, -0.15) is 0 Å². The summed E-state index contributed by atoms with van der Waals surface area (Å²) in [5.74, 6) is 0.679. The van der Waals surface area contributed by atoms with Crippen LogP contribution in [0.1, 0.15) is 19.8 Å². The highest BCUT2D eigenvalue weighted by Crippen LogP contribution is 2.32. The van der Waals surface area contributed by atoms with E-state index in [4.69, 9.17) is 0 Å². The van der Waals surface area contributed by atoms with Gasteiger partial charge in [-0.25, -0.2) is 4.39 Å². The Bertz CT molecular complexity index is 690. The van der Waals surface area contributed by atoms with Crippen LogP contribution in [0.3, 0.4) is 0 Å². The first kappa shape index (κ1) is 16.2. The average Bonchev–Trinajstić information content (AvgIpc) is 3.27. The first-order valence-electron chi connectivity index (χ1n) is 7.38. The van der Waals surface area contributed by atoms with E-state index in [0.29, 0.717) is 26.8 Å². The molecule has 1 heterocycles. The lowest BCUT2D eigenvalue weighted by Gasteiger charge is -2.11. The zero-order valence-electron chi connectivity index (χ0n) is 12.6. The third-order valence-electron chi connectivity index (χ3n) is 3.53. The quantitative estimate of drug-likeness (QED) is 0.747. The summed E-state index contributed by atoms with van der Waals surface area (Å²) in [6, 6.07) is 6.40. The van der Waals surface area contributed by atoms with E-state index in [1.165, 1.54) is 48.1 Å². The molecule has 1 fully saturated rings. The topological polar surface area (TPSA) is 66.9 Å². The summed E-state index contributed by atoms with van der Waals surface area (Å²) in [6.07, 6.45) is 2.42. The van der Waals surface area contributed by atoms with E-state index >= 15 is 0 Å². The Kier molecular flexibility index (Phi) is 5.12. The summed E-state index contributed by atoms with van der Waals surface area (Å²) in [6.45, 7) is 2.05. The minimum absolute atomic E-state index is 0.0178. The number of aromatic nitrogens is 2. The molecule has 1 atom stereocenters. The van der Waals surface area contributed by atoms with Crippen molar-refractivity contribution < 1.29 is 9.18 Å². The van der Waals surface area contributed by atoms with Crippen molar-refractivity contribution in [3.05, 3.63) is 30.1 Å². The van der Waals surface area contributed by atoms with Gasteiger partial charge >= 0.3 is 0 Å². The van der Waals surface area contributed by atoms with Crippen LogP contribution in [0.15, 0.2) is 28.6 Å². The van der Waals surface area contributed by atoms with Crippen molar-refractivity contribution in [2.75, 3.05) is 11.1 Å². The van der Waals surface area contributed by atoms with Crippen LogP contribution in [-0.4, -0.2) is 27.9 Å². The summed E-state index contributed by atoms with van der Waals surface area (Å²) < 4.78 is 13.8. The summed E-state index contributed by atoms with van der Waals surface area (Å²) >= 11 is 2.70. The Balaban J connectivity index is 1.48. The van der Waals surface area contributed by atoms with Crippen LogP contribution in [0.2, 0.25) is 0 Å². The highest BCUT2D eigenvalue weighted by atomic mass is 32.2. The minimum atomic E-state index is -0.310. The van der Waals surface area contributed by atoms with Gasteiger partial charge in [0.05, 0.1) is 5.75 Å². The van der Waals surface area contributed by atoms with Gasteiger partial charge in [0.25, 0.3) is 0 Å². The highest BCUT2D eigenvalue weighted by Gasteiger charge is 2.28. The lowest BCUT2D eigenvalue weighted by atomic mass is 10.2. The van der Waals surface area contributed by atoms with Crippen LogP contribution >= 0.6 is 23.1 Å². The number of hydrogen-bond acceptors (Lipinski definition) is 6. The van der Waals surface area contributed by atoms with E-state index in [1.54, 1.807) is 12.1 Å². The average molecular weight is 352 g/mol. The number of carbonyl (C=O) groups is 1. The van der Waals surface area contributed by atoms with E-state index in [2.05, 4.69) is 20.8 Å². The molecule has 0 saturated heterocycles. The van der Waals surface area contributed by atoms with Gasteiger partial charge in [-0.15, -0.1) is 10.2 Å². The van der Waals surface area contributed by atoms with Gasteiger partial charge in [-0.1, -0.05) is 29.2 Å². The third kappa shape index (κ3) is 4.90. The summed E-state index contributed by atoms with van der Waals surface area (Å²) in [4.78, 5) is 11.9. The summed E-state index contributed by atoms with van der Waals surface area (Å²) in [5, 5.41) is 14.6. The van der Waals surface area contributed by atoms with Crippen molar-refractivity contribution in [3.8, 4) is 0 Å². The van der Waals surface area contributed by atoms with Gasteiger partial charge in [-0.3, -0.25) is 4.79 Å². The highest BCUT2D eigenvalue weighted by molar-refractivity contribution is 8.01. The fourth-order valence-corrected chi connectivity index (χ4v) is 3.73. The van der Waals surface area contributed by atoms with Gasteiger partial charge in [0.15, 0.2) is 4.34 Å². The number of carbonyl (C=O) groups excluding carboxylic acids is 1. The molecule has 0 spiro atoms. The van der Waals surface area contributed by atoms with Crippen molar-refractivity contribution in [3.63, 3.8) is 0 Å². The second kappa shape index (κ2) is 7.27. The number of thioether (sulfide) groups is 1. The molecular weight excluding hydrogens is 335 g/mol. The summed E-state index contributed by atoms with van der Waals surface area (Å²) in [7, 11) is 0. The number of benzene rings is 1. The van der Waals surface area contributed by atoms with Crippen molar-refractivity contribution in [2.45, 2.75) is 30.1 Å². The molecule has 3 rings (SSSR count). The predicted octanol–water partition coefficient (Wildman–Crippen LogP) is 3.43. The molecule has 1 aromatic heterocycles. The van der Waals surface area contributed by atoms with Crippen molar-refractivity contribution in [1.29, 1.82) is 0 Å². The number of nitrogens with one attached hydrogen (secondary N) is 2. The molecular formula is C15H17FN4OS2. The molecule has 1 aromatic carbocycles. The lowest BCUT2D eigenvalue weighted by molar-refractivity contribution is -0.119. The van der Waals surface area contributed by atoms with Gasteiger partial charge in [0.2, 0.25) is 11.0 Å². The standard InChI is InChI=1S/C15H17FN4OS2/c1-9(10-5-6-10)17-13(21)8-22-15-20-19-14(23-15)18-12-4-2-3-11(16)7-12/h2-4,7,9-10H,5-6,8H2,1H3,(H,17,21)(H,18,19)/t9-/m0/s1. The third-order valence-corrected chi connectivity index (χ3v) is 5.50. The number of rotatable bonds is 7. The van der Waals surface area contributed by atoms with Crippen molar-refractivity contribution in [2.24, 2.45) is 5.92 Å². The molecule has 23 heavy (non-hydrogen) atoms. The van der Waals surface area contributed by atoms with Crippen molar-refractivity contribution in [1.82, 2.24) is 15.5 Å². The SMILES string of the molecule is C[C@H](NC(=O)CSc1nnc(Nc2cccc(F)c2)s1)C1CC1. The molecule has 2 aromatic rings. The molecule has 122 valence electrons. The molecule has 2 N–H and O–H groups in total. The maximum absolute atomic E-state index is 13.1. The Morgan fingerprint density at radius 2 is 2.30 bits per heavy atom. The second-order valence-corrected chi connectivity index (χ2v) is 7.69. The maximum atomic E-state index is 13.1. The van der Waals surface area contributed by atoms with E-state index in [9.17, 15) is 9.18 Å². The molecule has 1 aliphatic rings. The fourth-order valence-electron chi connectivity index (χ4n) is 2.15. The molecule has 1 saturated carbocycles. The lowest BCUT2D eigenvalue weighted by Crippen LogP contribution is -2.35. The molecule has 5 nitrogen and oxygen atoms in total. The second-order valence-electron chi connectivity index (χ2n) is 5.49. The van der Waals surface area contributed by atoms with Gasteiger partial charge in [0, 0.05) is 11.7 Å². The van der Waals surface area contributed by atoms with E-state index in [0.717, 1.165) is 0 Å². The number of anilines is 2. The summed E-state index contributed by atoms with van der Waals surface area (Å²) in [5.41, 5.74) is 0.619. The first-order chi connectivity index (χ1) is 11.1. The van der Waals surface area contributed by atoms with Crippen LogP contribution in [-0.2, 0) is 4.79 Å².